The van der Waals surface area contributed by atoms with E-state index in [1.54, 1.807) is 6.20 Å². The third kappa shape index (κ3) is 3.96. The Hall–Kier alpha value is -2.89. The molecule has 6 heteroatoms. The molecule has 1 aliphatic rings. The Bertz CT molecular complexity index is 738. The van der Waals surface area contributed by atoms with Crippen molar-refractivity contribution in [1.82, 2.24) is 9.88 Å². The van der Waals surface area contributed by atoms with E-state index < -0.39 is 0 Å². The number of carbonyl (C=O) groups is 2. The zero-order chi connectivity index (χ0) is 17.8. The summed E-state index contributed by atoms with van der Waals surface area (Å²) in [6.45, 7) is 0.557. The Morgan fingerprint density at radius 3 is 2.28 bits per heavy atom. The van der Waals surface area contributed by atoms with E-state index in [4.69, 9.17) is 4.74 Å². The quantitative estimate of drug-likeness (QED) is 0.756. The fraction of sp³-hybridized carbons (Fsp3) is 0.316. The van der Waals surface area contributed by atoms with Gasteiger partial charge in [-0.05, 0) is 24.3 Å². The van der Waals surface area contributed by atoms with Crippen LogP contribution in [0.2, 0.25) is 0 Å². The number of pyridine rings is 1. The Balaban J connectivity index is 1.57. The van der Waals surface area contributed by atoms with E-state index in [9.17, 15) is 9.59 Å². The van der Waals surface area contributed by atoms with Crippen molar-refractivity contribution in [1.29, 1.82) is 0 Å². The molecule has 2 amide bonds. The van der Waals surface area contributed by atoms with Crippen molar-refractivity contribution in [2.75, 3.05) is 32.1 Å². The minimum atomic E-state index is -0.122. The predicted octanol–water partition coefficient (Wildman–Crippen LogP) is 2.34. The lowest BCUT2D eigenvalue weighted by Crippen LogP contribution is -2.33. The average molecular weight is 339 g/mol. The lowest BCUT2D eigenvalue weighted by molar-refractivity contribution is -0.138. The topological polar surface area (TPSA) is 62.7 Å². The van der Waals surface area contributed by atoms with Crippen LogP contribution in [0.5, 0.6) is 5.75 Å². The molecule has 25 heavy (non-hydrogen) atoms. The maximum absolute atomic E-state index is 11.5. The third-order valence-electron chi connectivity index (χ3n) is 4.15. The van der Waals surface area contributed by atoms with Gasteiger partial charge in [-0.1, -0.05) is 12.1 Å². The molecule has 3 rings (SSSR count). The summed E-state index contributed by atoms with van der Waals surface area (Å²) in [4.78, 5) is 30.8. The number of aromatic nitrogens is 1. The second kappa shape index (κ2) is 7.34. The Kier molecular flexibility index (Phi) is 4.97. The fourth-order valence-electron chi connectivity index (χ4n) is 2.69. The van der Waals surface area contributed by atoms with Crippen LogP contribution in [-0.4, -0.2) is 48.9 Å². The first-order valence-corrected chi connectivity index (χ1v) is 8.24. The van der Waals surface area contributed by atoms with E-state index >= 15 is 0 Å². The van der Waals surface area contributed by atoms with Crippen LogP contribution in [0.15, 0.2) is 42.6 Å². The molecule has 0 atom stereocenters. The number of benzene rings is 1. The molecule has 0 bridgehead atoms. The molecular weight excluding hydrogens is 318 g/mol. The first kappa shape index (κ1) is 17.0. The summed E-state index contributed by atoms with van der Waals surface area (Å²) in [6, 6.07) is 11.9. The van der Waals surface area contributed by atoms with Gasteiger partial charge in [0.15, 0.2) is 0 Å². The van der Waals surface area contributed by atoms with Gasteiger partial charge in [0.25, 0.3) is 0 Å². The molecule has 0 spiro atoms. The predicted molar refractivity (Wildman–Crippen MR) is 95.4 cm³/mol. The van der Waals surface area contributed by atoms with Gasteiger partial charge in [0.05, 0.1) is 18.4 Å². The van der Waals surface area contributed by atoms with Crippen LogP contribution in [0.3, 0.4) is 0 Å². The summed E-state index contributed by atoms with van der Waals surface area (Å²) in [5.41, 5.74) is 3.03. The first-order valence-electron chi connectivity index (χ1n) is 8.24. The second-order valence-corrected chi connectivity index (χ2v) is 6.11. The molecular formula is C19H21N3O3. The number of rotatable bonds is 6. The minimum Gasteiger partial charge on any atom is -0.490 e. The van der Waals surface area contributed by atoms with Crippen LogP contribution >= 0.6 is 0 Å². The molecule has 6 nitrogen and oxygen atoms in total. The van der Waals surface area contributed by atoms with Crippen LogP contribution in [0.25, 0.3) is 11.3 Å². The van der Waals surface area contributed by atoms with E-state index in [0.29, 0.717) is 18.6 Å². The van der Waals surface area contributed by atoms with Gasteiger partial charge < -0.3 is 9.64 Å². The monoisotopic (exact) mass is 339 g/mol. The SMILES string of the molecule is CN(C)c1ccc(-c2ccc(OCCN3C(=O)CCC3=O)cn2)cc1. The van der Waals surface area contributed by atoms with Gasteiger partial charge in [0, 0.05) is 38.2 Å². The maximum Gasteiger partial charge on any atom is 0.229 e. The van der Waals surface area contributed by atoms with Crippen molar-refractivity contribution in [3.63, 3.8) is 0 Å². The van der Waals surface area contributed by atoms with Crippen LogP contribution < -0.4 is 9.64 Å². The van der Waals surface area contributed by atoms with Gasteiger partial charge in [0.1, 0.15) is 12.4 Å². The lowest BCUT2D eigenvalue weighted by Gasteiger charge is -2.14. The highest BCUT2D eigenvalue weighted by Crippen LogP contribution is 2.22. The maximum atomic E-state index is 11.5. The van der Waals surface area contributed by atoms with E-state index in [2.05, 4.69) is 4.98 Å². The Labute approximate surface area is 147 Å². The molecule has 0 N–H and O–H groups in total. The van der Waals surface area contributed by atoms with Crippen LogP contribution in [-0.2, 0) is 9.59 Å². The van der Waals surface area contributed by atoms with Gasteiger partial charge >= 0.3 is 0 Å². The summed E-state index contributed by atoms with van der Waals surface area (Å²) in [6.07, 6.45) is 2.27. The second-order valence-electron chi connectivity index (χ2n) is 6.11. The van der Waals surface area contributed by atoms with Crippen molar-refractivity contribution in [3.05, 3.63) is 42.6 Å². The number of anilines is 1. The highest BCUT2D eigenvalue weighted by molar-refractivity contribution is 6.01. The number of imide groups is 1. The third-order valence-corrected chi connectivity index (χ3v) is 4.15. The number of hydrogen-bond acceptors (Lipinski definition) is 5. The van der Waals surface area contributed by atoms with E-state index in [1.807, 2.05) is 55.4 Å². The smallest absolute Gasteiger partial charge is 0.229 e. The number of likely N-dealkylation sites (tertiary alicyclic amines) is 1. The molecule has 2 heterocycles. The van der Waals surface area contributed by atoms with Gasteiger partial charge in [-0.3, -0.25) is 19.5 Å². The Morgan fingerprint density at radius 1 is 1.04 bits per heavy atom. The molecule has 1 fully saturated rings. The standard InChI is InChI=1S/C19H21N3O3/c1-21(2)15-5-3-14(4-6-15)17-8-7-16(13-20-17)25-12-11-22-18(23)9-10-19(22)24/h3-8,13H,9-12H2,1-2H3. The number of amides is 2. The van der Waals surface area contributed by atoms with Crippen LogP contribution in [0.1, 0.15) is 12.8 Å². The summed E-state index contributed by atoms with van der Waals surface area (Å²) >= 11 is 0. The molecule has 1 aromatic carbocycles. The summed E-state index contributed by atoms with van der Waals surface area (Å²) in [5, 5.41) is 0. The molecule has 0 saturated carbocycles. The van der Waals surface area contributed by atoms with E-state index in [-0.39, 0.29) is 25.0 Å². The minimum absolute atomic E-state index is 0.122. The average Bonchev–Trinajstić information content (AvgIpc) is 2.94. The molecule has 0 aliphatic carbocycles. The van der Waals surface area contributed by atoms with Gasteiger partial charge in [-0.25, -0.2) is 0 Å². The van der Waals surface area contributed by atoms with Crippen molar-refractivity contribution >= 4 is 17.5 Å². The number of hydrogen-bond donors (Lipinski definition) is 0. The Morgan fingerprint density at radius 2 is 1.72 bits per heavy atom. The number of nitrogens with zero attached hydrogens (tertiary/aromatic N) is 3. The van der Waals surface area contributed by atoms with Crippen LogP contribution in [0.4, 0.5) is 5.69 Å². The van der Waals surface area contributed by atoms with Crippen LogP contribution in [0, 0.1) is 0 Å². The highest BCUT2D eigenvalue weighted by Gasteiger charge is 2.28. The van der Waals surface area contributed by atoms with Gasteiger partial charge in [0.2, 0.25) is 11.8 Å². The largest absolute Gasteiger partial charge is 0.490 e. The van der Waals surface area contributed by atoms with Crippen molar-refractivity contribution < 1.29 is 14.3 Å². The molecule has 1 aliphatic heterocycles. The zero-order valence-electron chi connectivity index (χ0n) is 14.4. The van der Waals surface area contributed by atoms with E-state index in [0.717, 1.165) is 16.9 Å². The van der Waals surface area contributed by atoms with E-state index in [1.165, 1.54) is 4.90 Å². The molecule has 0 unspecified atom stereocenters. The normalized spacial score (nSPS) is 14.1. The van der Waals surface area contributed by atoms with Crippen molar-refractivity contribution in [2.24, 2.45) is 0 Å². The summed E-state index contributed by atoms with van der Waals surface area (Å²) in [5.74, 6) is 0.374. The fourth-order valence-corrected chi connectivity index (χ4v) is 2.69. The molecule has 1 saturated heterocycles. The molecule has 2 aromatic rings. The summed E-state index contributed by atoms with van der Waals surface area (Å²) in [7, 11) is 4.01. The first-order chi connectivity index (χ1) is 12.0. The molecule has 1 aromatic heterocycles. The van der Waals surface area contributed by atoms with Gasteiger partial charge in [-0.15, -0.1) is 0 Å². The molecule has 130 valence electrons. The number of ether oxygens (including phenoxy) is 1. The number of carbonyl (C=O) groups excluding carboxylic acids is 2. The van der Waals surface area contributed by atoms with Crippen molar-refractivity contribution in [3.8, 4) is 17.0 Å². The zero-order valence-corrected chi connectivity index (χ0v) is 14.4. The van der Waals surface area contributed by atoms with Gasteiger partial charge in [-0.2, -0.15) is 0 Å². The summed E-state index contributed by atoms with van der Waals surface area (Å²) < 4.78 is 5.59. The molecule has 0 radical (unpaired) electrons. The van der Waals surface area contributed by atoms with Crippen molar-refractivity contribution in [2.45, 2.75) is 12.8 Å². The highest BCUT2D eigenvalue weighted by atomic mass is 16.5. The lowest BCUT2D eigenvalue weighted by atomic mass is 10.1.